The predicted octanol–water partition coefficient (Wildman–Crippen LogP) is 3.02. The van der Waals surface area contributed by atoms with E-state index in [-0.39, 0.29) is 34.0 Å². The summed E-state index contributed by atoms with van der Waals surface area (Å²) in [5.41, 5.74) is 5.22. The molecule has 3 N–H and O–H groups in total. The largest absolute Gasteiger partial charge is 0.396 e. The van der Waals surface area contributed by atoms with Crippen LogP contribution in [0.1, 0.15) is 27.7 Å². The molecule has 0 atom stereocenters. The number of benzene rings is 1. The maximum Gasteiger partial charge on any atom is 0.243 e. The Morgan fingerprint density at radius 2 is 1.81 bits per heavy atom. The van der Waals surface area contributed by atoms with E-state index in [2.05, 4.69) is 32.4 Å². The Balaban J connectivity index is 2.22. The summed E-state index contributed by atoms with van der Waals surface area (Å²) >= 11 is 5.75. The van der Waals surface area contributed by atoms with Gasteiger partial charge in [0.2, 0.25) is 10.0 Å². The minimum absolute atomic E-state index is 0.0431. The summed E-state index contributed by atoms with van der Waals surface area (Å²) in [7, 11) is -3.98. The SMILES string of the molecule is CC1(C)C(CNS(=O)(=O)c2cc(Cl)cc(N)c2F)C1(C)C. The molecule has 0 amide bonds. The Bertz CT molecular complexity index is 672. The first kappa shape index (κ1) is 16.5. The Hall–Kier alpha value is -0.850. The standard InChI is InChI=1S/C14H20ClFN2O2S/c1-13(2)11(14(13,3)4)7-18-21(19,20)10-6-8(15)5-9(17)12(10)16/h5-6,11,18H,7,17H2,1-4H3. The fraction of sp³-hybridized carbons (Fsp3) is 0.571. The molecule has 0 spiro atoms. The van der Waals surface area contributed by atoms with Crippen molar-refractivity contribution >= 4 is 27.3 Å². The van der Waals surface area contributed by atoms with E-state index < -0.39 is 20.7 Å². The molecule has 1 fully saturated rings. The number of nitrogen functional groups attached to an aromatic ring is 1. The monoisotopic (exact) mass is 334 g/mol. The van der Waals surface area contributed by atoms with Gasteiger partial charge in [0.1, 0.15) is 4.90 Å². The maximum absolute atomic E-state index is 13.9. The topological polar surface area (TPSA) is 72.2 Å². The van der Waals surface area contributed by atoms with Gasteiger partial charge in [-0.2, -0.15) is 0 Å². The number of hydrogen-bond donors (Lipinski definition) is 2. The van der Waals surface area contributed by atoms with Crippen molar-refractivity contribution < 1.29 is 12.8 Å². The minimum atomic E-state index is -3.98. The zero-order chi connectivity index (χ0) is 16.2. The molecule has 0 radical (unpaired) electrons. The summed E-state index contributed by atoms with van der Waals surface area (Å²) in [6, 6.07) is 2.25. The average Bonchev–Trinajstić information content (AvgIpc) is 2.71. The average molecular weight is 335 g/mol. The van der Waals surface area contributed by atoms with Gasteiger partial charge in [-0.25, -0.2) is 17.5 Å². The minimum Gasteiger partial charge on any atom is -0.396 e. The van der Waals surface area contributed by atoms with Crippen LogP contribution in [-0.2, 0) is 10.0 Å². The zero-order valence-electron chi connectivity index (χ0n) is 12.5. The predicted molar refractivity (Wildman–Crippen MR) is 82.1 cm³/mol. The molecule has 0 aliphatic heterocycles. The highest BCUT2D eigenvalue weighted by atomic mass is 35.5. The van der Waals surface area contributed by atoms with Crippen molar-refractivity contribution in [3.63, 3.8) is 0 Å². The van der Waals surface area contributed by atoms with E-state index >= 15 is 0 Å². The fourth-order valence-electron chi connectivity index (χ4n) is 2.89. The van der Waals surface area contributed by atoms with E-state index in [1.807, 2.05) is 0 Å². The first-order chi connectivity index (χ1) is 9.41. The van der Waals surface area contributed by atoms with E-state index in [1.165, 1.54) is 6.07 Å². The van der Waals surface area contributed by atoms with Crippen molar-refractivity contribution in [3.8, 4) is 0 Å². The maximum atomic E-state index is 13.9. The smallest absolute Gasteiger partial charge is 0.243 e. The third kappa shape index (κ3) is 2.64. The Morgan fingerprint density at radius 1 is 1.29 bits per heavy atom. The Labute approximate surface area is 129 Å². The Morgan fingerprint density at radius 3 is 2.29 bits per heavy atom. The van der Waals surface area contributed by atoms with Crippen LogP contribution in [0.5, 0.6) is 0 Å². The van der Waals surface area contributed by atoms with Gasteiger partial charge >= 0.3 is 0 Å². The van der Waals surface area contributed by atoms with Crippen molar-refractivity contribution in [1.29, 1.82) is 0 Å². The molecule has 1 aromatic rings. The summed E-state index contributed by atoms with van der Waals surface area (Å²) in [6.07, 6.45) is 0. The van der Waals surface area contributed by atoms with Crippen LogP contribution in [0.4, 0.5) is 10.1 Å². The quantitative estimate of drug-likeness (QED) is 0.831. The van der Waals surface area contributed by atoms with Crippen LogP contribution in [0.2, 0.25) is 5.02 Å². The molecular weight excluding hydrogens is 315 g/mol. The van der Waals surface area contributed by atoms with Crippen molar-refractivity contribution in [2.24, 2.45) is 16.7 Å². The second kappa shape index (κ2) is 4.83. The van der Waals surface area contributed by atoms with Crippen molar-refractivity contribution in [3.05, 3.63) is 23.0 Å². The lowest BCUT2D eigenvalue weighted by molar-refractivity contribution is 0.457. The normalized spacial score (nSPS) is 20.5. The van der Waals surface area contributed by atoms with E-state index in [0.717, 1.165) is 6.07 Å². The molecule has 0 unspecified atom stereocenters. The molecule has 0 aromatic heterocycles. The highest BCUT2D eigenvalue weighted by Crippen LogP contribution is 2.67. The van der Waals surface area contributed by atoms with Gasteiger partial charge in [0.05, 0.1) is 5.69 Å². The third-order valence-electron chi connectivity index (χ3n) is 5.12. The van der Waals surface area contributed by atoms with Crippen LogP contribution in [0.3, 0.4) is 0 Å². The second-order valence-electron chi connectivity index (χ2n) is 6.65. The summed E-state index contributed by atoms with van der Waals surface area (Å²) in [6.45, 7) is 8.61. The van der Waals surface area contributed by atoms with Gasteiger partial charge in [0.25, 0.3) is 0 Å². The van der Waals surface area contributed by atoms with E-state index in [1.54, 1.807) is 0 Å². The van der Waals surface area contributed by atoms with Gasteiger partial charge in [-0.05, 0) is 28.9 Å². The van der Waals surface area contributed by atoms with Gasteiger partial charge in [0, 0.05) is 11.6 Å². The van der Waals surface area contributed by atoms with E-state index in [0.29, 0.717) is 0 Å². The van der Waals surface area contributed by atoms with Crippen molar-refractivity contribution in [2.75, 3.05) is 12.3 Å². The van der Waals surface area contributed by atoms with Gasteiger partial charge in [0.15, 0.2) is 5.82 Å². The van der Waals surface area contributed by atoms with Crippen LogP contribution < -0.4 is 10.5 Å². The third-order valence-corrected chi connectivity index (χ3v) is 6.76. The van der Waals surface area contributed by atoms with Gasteiger partial charge in [-0.15, -0.1) is 0 Å². The number of sulfonamides is 1. The molecule has 2 rings (SSSR count). The molecule has 0 bridgehead atoms. The molecule has 1 aliphatic rings. The van der Waals surface area contributed by atoms with Crippen LogP contribution in [-0.4, -0.2) is 15.0 Å². The molecule has 0 heterocycles. The van der Waals surface area contributed by atoms with E-state index in [4.69, 9.17) is 17.3 Å². The van der Waals surface area contributed by atoms with Crippen molar-refractivity contribution in [2.45, 2.75) is 32.6 Å². The van der Waals surface area contributed by atoms with Crippen LogP contribution in [0.15, 0.2) is 17.0 Å². The first-order valence-corrected chi connectivity index (χ1v) is 8.51. The number of rotatable bonds is 4. The summed E-state index contributed by atoms with van der Waals surface area (Å²) < 4.78 is 40.9. The van der Waals surface area contributed by atoms with Crippen LogP contribution in [0, 0.1) is 22.6 Å². The molecule has 4 nitrogen and oxygen atoms in total. The van der Waals surface area contributed by atoms with Crippen LogP contribution in [0.25, 0.3) is 0 Å². The highest BCUT2D eigenvalue weighted by molar-refractivity contribution is 7.89. The number of nitrogens with one attached hydrogen (secondary N) is 1. The zero-order valence-corrected chi connectivity index (χ0v) is 14.1. The van der Waals surface area contributed by atoms with Crippen LogP contribution >= 0.6 is 11.6 Å². The molecule has 1 aliphatic carbocycles. The molecule has 1 aromatic carbocycles. The number of anilines is 1. The highest BCUT2D eigenvalue weighted by Gasteiger charge is 2.64. The fourth-order valence-corrected chi connectivity index (χ4v) is 4.36. The molecule has 21 heavy (non-hydrogen) atoms. The number of hydrogen-bond acceptors (Lipinski definition) is 3. The number of nitrogens with two attached hydrogens (primary N) is 1. The van der Waals surface area contributed by atoms with Crippen molar-refractivity contribution in [1.82, 2.24) is 4.72 Å². The molecule has 7 heteroatoms. The molecule has 1 saturated carbocycles. The Kier molecular flexibility index (Phi) is 3.80. The first-order valence-electron chi connectivity index (χ1n) is 6.65. The van der Waals surface area contributed by atoms with Gasteiger partial charge in [-0.1, -0.05) is 39.3 Å². The lowest BCUT2D eigenvalue weighted by Crippen LogP contribution is -2.28. The summed E-state index contributed by atoms with van der Waals surface area (Å²) in [4.78, 5) is -0.510. The number of halogens is 2. The lowest BCUT2D eigenvalue weighted by atomic mass is 10.0. The van der Waals surface area contributed by atoms with E-state index in [9.17, 15) is 12.8 Å². The molecule has 0 saturated heterocycles. The molecular formula is C14H20ClFN2O2S. The molecule has 118 valence electrons. The summed E-state index contributed by atoms with van der Waals surface area (Å²) in [5.74, 6) is -0.777. The second-order valence-corrected chi connectivity index (χ2v) is 8.83. The van der Waals surface area contributed by atoms with Gasteiger partial charge in [-0.3, -0.25) is 0 Å². The summed E-state index contributed by atoms with van der Waals surface area (Å²) in [5, 5.41) is 0.0846. The van der Waals surface area contributed by atoms with Gasteiger partial charge < -0.3 is 5.73 Å². The lowest BCUT2D eigenvalue weighted by Gasteiger charge is -2.10.